The van der Waals surface area contributed by atoms with Crippen molar-refractivity contribution < 1.29 is 14.7 Å². The number of anilines is 1. The zero-order valence-electron chi connectivity index (χ0n) is 14.1. The molecule has 0 bridgehead atoms. The highest BCUT2D eigenvalue weighted by atomic mass is 16.4. The lowest BCUT2D eigenvalue weighted by molar-refractivity contribution is 0.102. The van der Waals surface area contributed by atoms with E-state index in [1.807, 2.05) is 12.1 Å². The number of hydrogen-bond acceptors (Lipinski definition) is 3. The quantitative estimate of drug-likeness (QED) is 0.800. The monoisotopic (exact) mass is 339 g/mol. The molecule has 0 aliphatic carbocycles. The second-order valence-electron chi connectivity index (χ2n) is 6.28. The number of fused-ring (bicyclic) bond motifs is 1. The molecular formula is C19H21N3O3. The Morgan fingerprint density at radius 2 is 2.00 bits per heavy atom. The Kier molecular flexibility index (Phi) is 5.00. The number of rotatable bonds is 4. The highest BCUT2D eigenvalue weighted by Crippen LogP contribution is 2.22. The van der Waals surface area contributed by atoms with E-state index in [1.165, 1.54) is 11.1 Å². The van der Waals surface area contributed by atoms with Crippen molar-refractivity contribution in [3.63, 3.8) is 0 Å². The maximum atomic E-state index is 12.5. The van der Waals surface area contributed by atoms with Crippen molar-refractivity contribution in [2.24, 2.45) is 0 Å². The molecule has 0 fully saturated rings. The summed E-state index contributed by atoms with van der Waals surface area (Å²) in [5.74, 6) is -0.207. The predicted octanol–water partition coefficient (Wildman–Crippen LogP) is 2.69. The van der Waals surface area contributed by atoms with Crippen LogP contribution in [0, 0.1) is 0 Å². The lowest BCUT2D eigenvalue weighted by atomic mass is 9.99. The minimum atomic E-state index is -1.09. The fourth-order valence-corrected chi connectivity index (χ4v) is 2.98. The van der Waals surface area contributed by atoms with Crippen molar-refractivity contribution >= 4 is 17.7 Å². The van der Waals surface area contributed by atoms with E-state index < -0.39 is 6.09 Å². The maximum absolute atomic E-state index is 12.5. The average molecular weight is 339 g/mol. The second kappa shape index (κ2) is 7.36. The first-order chi connectivity index (χ1) is 12.0. The standard InChI is InChI=1S/C19H21N3O3/c1-22-8-7-14-5-6-17(10-16(14)12-22)21-18(23)15-4-2-3-13(9-15)11-20-19(24)25/h2-6,9-10,20H,7-8,11-12H2,1H3,(H,21,23)(H,24,25). The summed E-state index contributed by atoms with van der Waals surface area (Å²) in [5, 5.41) is 13.9. The van der Waals surface area contributed by atoms with Crippen LogP contribution < -0.4 is 10.6 Å². The van der Waals surface area contributed by atoms with Gasteiger partial charge in [0.15, 0.2) is 0 Å². The molecular weight excluding hydrogens is 318 g/mol. The number of carbonyl (C=O) groups is 2. The van der Waals surface area contributed by atoms with Gasteiger partial charge in [-0.2, -0.15) is 0 Å². The maximum Gasteiger partial charge on any atom is 0.404 e. The van der Waals surface area contributed by atoms with Crippen LogP contribution >= 0.6 is 0 Å². The van der Waals surface area contributed by atoms with E-state index in [9.17, 15) is 9.59 Å². The first kappa shape index (κ1) is 17.0. The van der Waals surface area contributed by atoms with E-state index in [-0.39, 0.29) is 12.5 Å². The Labute approximate surface area is 146 Å². The molecule has 0 saturated heterocycles. The third-order valence-corrected chi connectivity index (χ3v) is 4.30. The number of hydrogen-bond donors (Lipinski definition) is 3. The van der Waals surface area contributed by atoms with Crippen LogP contribution in [0.4, 0.5) is 10.5 Å². The van der Waals surface area contributed by atoms with Gasteiger partial charge in [0.2, 0.25) is 0 Å². The molecule has 1 heterocycles. The first-order valence-corrected chi connectivity index (χ1v) is 8.19. The van der Waals surface area contributed by atoms with Gasteiger partial charge in [-0.3, -0.25) is 4.79 Å². The molecule has 0 radical (unpaired) electrons. The van der Waals surface area contributed by atoms with Gasteiger partial charge in [-0.1, -0.05) is 18.2 Å². The van der Waals surface area contributed by atoms with Gasteiger partial charge in [-0.25, -0.2) is 4.79 Å². The van der Waals surface area contributed by atoms with Crippen LogP contribution in [-0.2, 0) is 19.5 Å². The van der Waals surface area contributed by atoms with Crippen LogP contribution in [0.3, 0.4) is 0 Å². The molecule has 1 aliphatic rings. The van der Waals surface area contributed by atoms with Crippen LogP contribution in [0.15, 0.2) is 42.5 Å². The van der Waals surface area contributed by atoms with Gasteiger partial charge in [0, 0.05) is 30.9 Å². The number of nitrogens with zero attached hydrogens (tertiary/aromatic N) is 1. The van der Waals surface area contributed by atoms with Crippen molar-refractivity contribution in [1.82, 2.24) is 10.2 Å². The molecule has 0 unspecified atom stereocenters. The molecule has 0 saturated carbocycles. The predicted molar refractivity (Wildman–Crippen MR) is 95.7 cm³/mol. The molecule has 6 heteroatoms. The zero-order valence-corrected chi connectivity index (χ0v) is 14.1. The van der Waals surface area contributed by atoms with Crippen molar-refractivity contribution in [3.8, 4) is 0 Å². The van der Waals surface area contributed by atoms with E-state index >= 15 is 0 Å². The van der Waals surface area contributed by atoms with Gasteiger partial charge < -0.3 is 20.6 Å². The van der Waals surface area contributed by atoms with Crippen LogP contribution in [0.5, 0.6) is 0 Å². The summed E-state index contributed by atoms with van der Waals surface area (Å²) in [6, 6.07) is 13.0. The van der Waals surface area contributed by atoms with Gasteiger partial charge in [-0.05, 0) is 54.4 Å². The molecule has 1 aliphatic heterocycles. The summed E-state index contributed by atoms with van der Waals surface area (Å²) < 4.78 is 0. The van der Waals surface area contributed by atoms with Gasteiger partial charge in [0.25, 0.3) is 5.91 Å². The molecule has 3 N–H and O–H groups in total. The highest BCUT2D eigenvalue weighted by molar-refractivity contribution is 6.04. The van der Waals surface area contributed by atoms with Crippen LogP contribution in [-0.4, -0.2) is 35.6 Å². The van der Waals surface area contributed by atoms with E-state index in [0.717, 1.165) is 30.8 Å². The molecule has 130 valence electrons. The molecule has 0 atom stereocenters. The van der Waals surface area contributed by atoms with Crippen molar-refractivity contribution in [2.75, 3.05) is 18.9 Å². The van der Waals surface area contributed by atoms with Crippen LogP contribution in [0.25, 0.3) is 0 Å². The summed E-state index contributed by atoms with van der Waals surface area (Å²) in [6.45, 7) is 2.10. The van der Waals surface area contributed by atoms with Crippen molar-refractivity contribution in [3.05, 3.63) is 64.7 Å². The number of likely N-dealkylation sites (N-methyl/N-ethyl adjacent to an activating group) is 1. The highest BCUT2D eigenvalue weighted by Gasteiger charge is 2.14. The zero-order chi connectivity index (χ0) is 17.8. The van der Waals surface area contributed by atoms with E-state index in [0.29, 0.717) is 5.56 Å². The SMILES string of the molecule is CN1CCc2ccc(NC(=O)c3cccc(CNC(=O)O)c3)cc2C1. The smallest absolute Gasteiger partial charge is 0.404 e. The largest absolute Gasteiger partial charge is 0.465 e. The van der Waals surface area contributed by atoms with Crippen LogP contribution in [0.2, 0.25) is 0 Å². The molecule has 2 amide bonds. The van der Waals surface area contributed by atoms with Gasteiger partial charge in [0.05, 0.1) is 0 Å². The Balaban J connectivity index is 1.71. The molecule has 6 nitrogen and oxygen atoms in total. The average Bonchev–Trinajstić information content (AvgIpc) is 2.60. The Morgan fingerprint density at radius 3 is 2.80 bits per heavy atom. The third-order valence-electron chi connectivity index (χ3n) is 4.30. The van der Waals surface area contributed by atoms with E-state index in [4.69, 9.17) is 5.11 Å². The summed E-state index contributed by atoms with van der Waals surface area (Å²) in [6.07, 6.45) is -0.0625. The molecule has 25 heavy (non-hydrogen) atoms. The Hall–Kier alpha value is -2.86. The second-order valence-corrected chi connectivity index (χ2v) is 6.28. The minimum Gasteiger partial charge on any atom is -0.465 e. The van der Waals surface area contributed by atoms with E-state index in [2.05, 4.69) is 28.6 Å². The lowest BCUT2D eigenvalue weighted by Crippen LogP contribution is -2.26. The molecule has 0 aromatic heterocycles. The molecule has 3 rings (SSSR count). The number of carbonyl (C=O) groups excluding carboxylic acids is 1. The van der Waals surface area contributed by atoms with E-state index in [1.54, 1.807) is 24.3 Å². The number of benzene rings is 2. The topological polar surface area (TPSA) is 81.7 Å². The van der Waals surface area contributed by atoms with Gasteiger partial charge in [0.1, 0.15) is 0 Å². The Morgan fingerprint density at radius 1 is 1.16 bits per heavy atom. The fraction of sp³-hybridized carbons (Fsp3) is 0.263. The first-order valence-electron chi connectivity index (χ1n) is 8.19. The molecule has 0 spiro atoms. The summed E-state index contributed by atoms with van der Waals surface area (Å²) in [4.78, 5) is 25.3. The summed E-state index contributed by atoms with van der Waals surface area (Å²) >= 11 is 0. The van der Waals surface area contributed by atoms with Gasteiger partial charge >= 0.3 is 6.09 Å². The molecule has 2 aromatic rings. The Bertz CT molecular complexity index is 804. The van der Waals surface area contributed by atoms with Gasteiger partial charge in [-0.15, -0.1) is 0 Å². The minimum absolute atomic E-state index is 0.168. The number of amides is 2. The van der Waals surface area contributed by atoms with Crippen molar-refractivity contribution in [2.45, 2.75) is 19.5 Å². The normalized spacial score (nSPS) is 13.8. The number of carboxylic acid groups (broad SMARTS) is 1. The summed E-state index contributed by atoms with van der Waals surface area (Å²) in [7, 11) is 2.09. The third kappa shape index (κ3) is 4.36. The molecule has 2 aromatic carbocycles. The van der Waals surface area contributed by atoms with Crippen LogP contribution in [0.1, 0.15) is 27.0 Å². The summed E-state index contributed by atoms with van der Waals surface area (Å²) in [5.41, 5.74) is 4.58. The van der Waals surface area contributed by atoms with Crippen molar-refractivity contribution in [1.29, 1.82) is 0 Å². The lowest BCUT2D eigenvalue weighted by Gasteiger charge is -2.25. The number of nitrogens with one attached hydrogen (secondary N) is 2. The fourth-order valence-electron chi connectivity index (χ4n) is 2.98.